The number of carbonyl (C=O) groups excluding carboxylic acids is 2. The number of hydrogen-bond donors (Lipinski definition) is 2. The second-order valence-corrected chi connectivity index (χ2v) is 5.88. The Morgan fingerprint density at radius 3 is 2.62 bits per heavy atom. The third-order valence-electron chi connectivity index (χ3n) is 4.08. The maximum atomic E-state index is 12.3. The molecule has 0 saturated carbocycles. The first-order chi connectivity index (χ1) is 9.99. The first kappa shape index (κ1) is 17.8. The molecule has 21 heavy (non-hydrogen) atoms. The minimum Gasteiger partial charge on any atom is -0.453 e. The zero-order chi connectivity index (χ0) is 15.8. The molecule has 122 valence electrons. The summed E-state index contributed by atoms with van der Waals surface area (Å²) >= 11 is 0. The Morgan fingerprint density at radius 2 is 2.05 bits per heavy atom. The van der Waals surface area contributed by atoms with Crippen LogP contribution in [0.25, 0.3) is 0 Å². The van der Waals surface area contributed by atoms with Gasteiger partial charge in [0.15, 0.2) is 0 Å². The zero-order valence-corrected chi connectivity index (χ0v) is 13.6. The van der Waals surface area contributed by atoms with E-state index in [0.29, 0.717) is 12.6 Å². The average molecular weight is 299 g/mol. The van der Waals surface area contributed by atoms with Gasteiger partial charge in [-0.05, 0) is 31.8 Å². The number of nitrogens with zero attached hydrogens (tertiary/aromatic N) is 1. The molecule has 1 heterocycles. The lowest BCUT2D eigenvalue weighted by Crippen LogP contribution is -2.53. The maximum Gasteiger partial charge on any atom is 0.407 e. The van der Waals surface area contributed by atoms with Gasteiger partial charge in [0, 0.05) is 12.6 Å². The van der Waals surface area contributed by atoms with Crippen LogP contribution in [0.3, 0.4) is 0 Å². The van der Waals surface area contributed by atoms with Crippen LogP contribution in [0.4, 0.5) is 4.79 Å². The van der Waals surface area contributed by atoms with Crippen LogP contribution in [0.15, 0.2) is 0 Å². The Kier molecular flexibility index (Phi) is 7.50. The predicted octanol–water partition coefficient (Wildman–Crippen LogP) is 1.36. The molecule has 0 aromatic heterocycles. The van der Waals surface area contributed by atoms with Crippen molar-refractivity contribution in [2.75, 3.05) is 26.7 Å². The fourth-order valence-electron chi connectivity index (χ4n) is 2.76. The summed E-state index contributed by atoms with van der Waals surface area (Å²) in [6.07, 6.45) is 2.99. The van der Waals surface area contributed by atoms with E-state index < -0.39 is 12.1 Å². The molecule has 1 fully saturated rings. The minimum atomic E-state index is -0.572. The Morgan fingerprint density at radius 1 is 1.33 bits per heavy atom. The number of rotatable bonds is 6. The summed E-state index contributed by atoms with van der Waals surface area (Å²) in [5.74, 6) is -0.130. The minimum absolute atomic E-state index is 0.0118. The highest BCUT2D eigenvalue weighted by Gasteiger charge is 2.26. The number of likely N-dealkylation sites (N-methyl/N-ethyl adjacent to an activating group) is 1. The SMILES string of the molecule is CCN1CCCCC1CNC(=O)C(NC(=O)OC)C(C)C. The molecule has 2 unspecified atom stereocenters. The first-order valence-corrected chi connectivity index (χ1v) is 7.85. The fourth-order valence-corrected chi connectivity index (χ4v) is 2.76. The third kappa shape index (κ3) is 5.53. The highest BCUT2D eigenvalue weighted by molar-refractivity contribution is 5.85. The zero-order valence-electron chi connectivity index (χ0n) is 13.6. The number of amides is 2. The summed E-state index contributed by atoms with van der Waals surface area (Å²) in [6.45, 7) is 8.70. The average Bonchev–Trinajstić information content (AvgIpc) is 2.49. The predicted molar refractivity (Wildman–Crippen MR) is 82.1 cm³/mol. The fraction of sp³-hybridized carbons (Fsp3) is 0.867. The van der Waals surface area contributed by atoms with Crippen LogP contribution in [0.2, 0.25) is 0 Å². The molecular weight excluding hydrogens is 270 g/mol. The molecule has 2 N–H and O–H groups in total. The van der Waals surface area contributed by atoms with E-state index in [-0.39, 0.29) is 11.8 Å². The van der Waals surface area contributed by atoms with Gasteiger partial charge >= 0.3 is 6.09 Å². The molecule has 0 aromatic rings. The largest absolute Gasteiger partial charge is 0.453 e. The van der Waals surface area contributed by atoms with E-state index in [2.05, 4.69) is 27.2 Å². The van der Waals surface area contributed by atoms with Gasteiger partial charge in [0.2, 0.25) is 5.91 Å². The molecule has 1 saturated heterocycles. The van der Waals surface area contributed by atoms with E-state index in [0.717, 1.165) is 19.5 Å². The topological polar surface area (TPSA) is 70.7 Å². The molecule has 1 aliphatic heterocycles. The van der Waals surface area contributed by atoms with Crippen LogP contribution in [-0.2, 0) is 9.53 Å². The van der Waals surface area contributed by atoms with Gasteiger partial charge in [0.25, 0.3) is 0 Å². The van der Waals surface area contributed by atoms with Crippen molar-refractivity contribution in [2.45, 2.75) is 52.1 Å². The van der Waals surface area contributed by atoms with Crippen molar-refractivity contribution in [1.29, 1.82) is 0 Å². The van der Waals surface area contributed by atoms with E-state index in [1.165, 1.54) is 20.0 Å². The van der Waals surface area contributed by atoms with Crippen LogP contribution >= 0.6 is 0 Å². The quantitative estimate of drug-likeness (QED) is 0.777. The molecular formula is C15H29N3O3. The number of carbonyl (C=O) groups is 2. The van der Waals surface area contributed by atoms with Gasteiger partial charge in [-0.3, -0.25) is 9.69 Å². The van der Waals surface area contributed by atoms with Crippen LogP contribution in [-0.4, -0.2) is 55.7 Å². The number of nitrogens with one attached hydrogen (secondary N) is 2. The number of piperidine rings is 1. The summed E-state index contributed by atoms with van der Waals surface area (Å²) in [6, 6.07) is -0.158. The number of alkyl carbamates (subject to hydrolysis) is 1. The van der Waals surface area contributed by atoms with Crippen molar-refractivity contribution >= 4 is 12.0 Å². The monoisotopic (exact) mass is 299 g/mol. The van der Waals surface area contributed by atoms with E-state index >= 15 is 0 Å². The highest BCUT2D eigenvalue weighted by atomic mass is 16.5. The number of methoxy groups -OCH3 is 1. The van der Waals surface area contributed by atoms with Crippen LogP contribution in [0.5, 0.6) is 0 Å². The van der Waals surface area contributed by atoms with E-state index in [4.69, 9.17) is 0 Å². The lowest BCUT2D eigenvalue weighted by Gasteiger charge is -2.35. The van der Waals surface area contributed by atoms with Gasteiger partial charge in [-0.2, -0.15) is 0 Å². The molecule has 2 amide bonds. The number of ether oxygens (including phenoxy) is 1. The second-order valence-electron chi connectivity index (χ2n) is 5.88. The summed E-state index contributed by atoms with van der Waals surface area (Å²) in [5.41, 5.74) is 0. The molecule has 0 aliphatic carbocycles. The highest BCUT2D eigenvalue weighted by Crippen LogP contribution is 2.15. The summed E-state index contributed by atoms with van der Waals surface area (Å²) in [4.78, 5) is 26.0. The Hall–Kier alpha value is -1.30. The van der Waals surface area contributed by atoms with Crippen molar-refractivity contribution in [3.05, 3.63) is 0 Å². The van der Waals surface area contributed by atoms with Crippen LogP contribution in [0, 0.1) is 5.92 Å². The summed E-state index contributed by atoms with van der Waals surface area (Å²) in [7, 11) is 1.30. The molecule has 0 spiro atoms. The van der Waals surface area contributed by atoms with Crippen molar-refractivity contribution in [1.82, 2.24) is 15.5 Å². The molecule has 2 atom stereocenters. The standard InChI is InChI=1S/C15H29N3O3/c1-5-18-9-7-6-8-12(18)10-16-14(19)13(11(2)3)17-15(20)21-4/h11-13H,5-10H2,1-4H3,(H,16,19)(H,17,20). The van der Waals surface area contributed by atoms with Crippen molar-refractivity contribution in [2.24, 2.45) is 5.92 Å². The molecule has 6 nitrogen and oxygen atoms in total. The number of likely N-dealkylation sites (tertiary alicyclic amines) is 1. The molecule has 0 aromatic carbocycles. The lowest BCUT2D eigenvalue weighted by atomic mass is 10.0. The van der Waals surface area contributed by atoms with Gasteiger partial charge in [0.1, 0.15) is 6.04 Å². The Bertz CT molecular complexity index is 347. The Balaban J connectivity index is 2.50. The first-order valence-electron chi connectivity index (χ1n) is 7.85. The van der Waals surface area contributed by atoms with Gasteiger partial charge in [-0.1, -0.05) is 27.2 Å². The molecule has 0 radical (unpaired) electrons. The molecule has 6 heteroatoms. The van der Waals surface area contributed by atoms with Gasteiger partial charge in [-0.15, -0.1) is 0 Å². The number of hydrogen-bond acceptors (Lipinski definition) is 4. The Labute approximate surface area is 127 Å². The van der Waals surface area contributed by atoms with E-state index in [9.17, 15) is 9.59 Å². The summed E-state index contributed by atoms with van der Waals surface area (Å²) in [5, 5.41) is 5.57. The van der Waals surface area contributed by atoms with E-state index in [1.54, 1.807) is 0 Å². The third-order valence-corrected chi connectivity index (χ3v) is 4.08. The second kappa shape index (κ2) is 8.87. The van der Waals surface area contributed by atoms with Crippen LogP contribution in [0.1, 0.15) is 40.0 Å². The normalized spacial score (nSPS) is 20.9. The van der Waals surface area contributed by atoms with Gasteiger partial charge < -0.3 is 15.4 Å². The molecule has 0 bridgehead atoms. The lowest BCUT2D eigenvalue weighted by molar-refractivity contribution is -0.124. The van der Waals surface area contributed by atoms with Crippen LogP contribution < -0.4 is 10.6 Å². The van der Waals surface area contributed by atoms with Crippen molar-refractivity contribution in [3.8, 4) is 0 Å². The maximum absolute atomic E-state index is 12.3. The van der Waals surface area contributed by atoms with Crippen molar-refractivity contribution < 1.29 is 14.3 Å². The van der Waals surface area contributed by atoms with E-state index in [1.807, 2.05) is 13.8 Å². The van der Waals surface area contributed by atoms with Gasteiger partial charge in [-0.25, -0.2) is 4.79 Å². The molecule has 1 aliphatic rings. The van der Waals surface area contributed by atoms with Gasteiger partial charge in [0.05, 0.1) is 7.11 Å². The molecule has 1 rings (SSSR count). The smallest absolute Gasteiger partial charge is 0.407 e. The summed E-state index contributed by atoms with van der Waals surface area (Å²) < 4.78 is 4.57. The van der Waals surface area contributed by atoms with Crippen molar-refractivity contribution in [3.63, 3.8) is 0 Å².